The predicted molar refractivity (Wildman–Crippen MR) is 81.2 cm³/mol. The Morgan fingerprint density at radius 3 is 2.74 bits per heavy atom. The molecule has 2 rings (SSSR count). The van der Waals surface area contributed by atoms with Crippen molar-refractivity contribution in [1.29, 1.82) is 0 Å². The summed E-state index contributed by atoms with van der Waals surface area (Å²) in [6.07, 6.45) is 7.36. The monoisotopic (exact) mass is 281 g/mol. The summed E-state index contributed by atoms with van der Waals surface area (Å²) in [5.74, 6) is 8.48. The van der Waals surface area contributed by atoms with Crippen LogP contribution in [0.2, 0.25) is 0 Å². The second kappa shape index (κ2) is 6.96. The number of nitrogens with one attached hydrogen (secondary N) is 2. The van der Waals surface area contributed by atoms with E-state index in [4.69, 9.17) is 5.84 Å². The van der Waals surface area contributed by atoms with Crippen molar-refractivity contribution in [3.63, 3.8) is 0 Å². The maximum atomic E-state index is 5.43. The van der Waals surface area contributed by atoms with Crippen LogP contribution in [0.1, 0.15) is 32.6 Å². The van der Waals surface area contributed by atoms with E-state index in [2.05, 4.69) is 27.6 Å². The average Bonchev–Trinajstić information content (AvgIpc) is 2.46. The average molecular weight is 281 g/mol. The Labute approximate surface area is 119 Å². The van der Waals surface area contributed by atoms with Gasteiger partial charge in [-0.15, -0.1) is 0 Å². The zero-order chi connectivity index (χ0) is 13.7. The van der Waals surface area contributed by atoms with Crippen LogP contribution in [-0.2, 0) is 0 Å². The summed E-state index contributed by atoms with van der Waals surface area (Å²) in [4.78, 5) is 8.71. The first-order valence-corrected chi connectivity index (χ1v) is 8.09. The quantitative estimate of drug-likeness (QED) is 0.333. The van der Waals surface area contributed by atoms with E-state index in [9.17, 15) is 0 Å². The molecule has 6 heteroatoms. The third-order valence-electron chi connectivity index (χ3n) is 3.87. The van der Waals surface area contributed by atoms with Crippen LogP contribution in [0.5, 0.6) is 0 Å². The van der Waals surface area contributed by atoms with Gasteiger partial charge in [-0.05, 0) is 24.5 Å². The maximum absolute atomic E-state index is 5.43. The Kier molecular flexibility index (Phi) is 5.27. The molecule has 0 spiro atoms. The van der Waals surface area contributed by atoms with Gasteiger partial charge in [0.15, 0.2) is 5.16 Å². The molecule has 0 radical (unpaired) electrons. The molecule has 0 bridgehead atoms. The second-order valence-electron chi connectivity index (χ2n) is 5.17. The standard InChI is InChI=1S/C13H23N5S/c1-9-5-3-4-6-10(9)8-15-11-7-12(18-14)17-13(16-11)19-2/h7,9-10H,3-6,8,14H2,1-2H3,(H2,15,16,17,18). The molecule has 0 saturated heterocycles. The number of hydrogen-bond acceptors (Lipinski definition) is 6. The molecule has 0 amide bonds. The van der Waals surface area contributed by atoms with Crippen molar-refractivity contribution in [3.8, 4) is 0 Å². The van der Waals surface area contributed by atoms with Gasteiger partial charge in [0.2, 0.25) is 0 Å². The molecule has 0 aromatic carbocycles. The molecule has 0 aliphatic heterocycles. The molecule has 1 fully saturated rings. The number of aromatic nitrogens is 2. The molecular formula is C13H23N5S. The smallest absolute Gasteiger partial charge is 0.191 e. The van der Waals surface area contributed by atoms with Gasteiger partial charge in [-0.1, -0.05) is 37.9 Å². The van der Waals surface area contributed by atoms with E-state index in [1.165, 1.54) is 37.4 Å². The highest BCUT2D eigenvalue weighted by Gasteiger charge is 2.21. The minimum absolute atomic E-state index is 0.651. The lowest BCUT2D eigenvalue weighted by Gasteiger charge is -2.29. The van der Waals surface area contributed by atoms with Crippen molar-refractivity contribution in [3.05, 3.63) is 6.07 Å². The number of nitrogen functional groups attached to an aromatic ring is 1. The highest BCUT2D eigenvalue weighted by Crippen LogP contribution is 2.29. The molecule has 2 atom stereocenters. The van der Waals surface area contributed by atoms with Gasteiger partial charge in [-0.3, -0.25) is 0 Å². The molecule has 2 unspecified atom stereocenters. The van der Waals surface area contributed by atoms with Crippen LogP contribution >= 0.6 is 11.8 Å². The van der Waals surface area contributed by atoms with E-state index in [1.54, 1.807) is 0 Å². The first kappa shape index (κ1) is 14.4. The van der Waals surface area contributed by atoms with Crippen molar-refractivity contribution in [1.82, 2.24) is 9.97 Å². The number of nitrogens with two attached hydrogens (primary N) is 1. The minimum Gasteiger partial charge on any atom is -0.370 e. The van der Waals surface area contributed by atoms with E-state index in [-0.39, 0.29) is 0 Å². The third-order valence-corrected chi connectivity index (χ3v) is 4.42. The molecule has 1 aliphatic carbocycles. The van der Waals surface area contributed by atoms with Crippen LogP contribution in [0.4, 0.5) is 11.6 Å². The Morgan fingerprint density at radius 2 is 2.05 bits per heavy atom. The zero-order valence-corrected chi connectivity index (χ0v) is 12.5. The second-order valence-corrected chi connectivity index (χ2v) is 5.95. The molecular weight excluding hydrogens is 258 g/mol. The SMILES string of the molecule is CSc1nc(NN)cc(NCC2CCCCC2C)n1. The van der Waals surface area contributed by atoms with E-state index in [0.29, 0.717) is 5.82 Å². The summed E-state index contributed by atoms with van der Waals surface area (Å²) in [6.45, 7) is 3.34. The molecule has 1 aliphatic rings. The van der Waals surface area contributed by atoms with Crippen molar-refractivity contribution >= 4 is 23.4 Å². The van der Waals surface area contributed by atoms with Crippen LogP contribution in [-0.4, -0.2) is 22.8 Å². The summed E-state index contributed by atoms with van der Waals surface area (Å²) in [6, 6.07) is 1.85. The number of thioether (sulfide) groups is 1. The summed E-state index contributed by atoms with van der Waals surface area (Å²) in [7, 11) is 0. The number of hydrazine groups is 1. The van der Waals surface area contributed by atoms with Crippen LogP contribution in [0.3, 0.4) is 0 Å². The number of hydrogen-bond donors (Lipinski definition) is 3. The Bertz CT molecular complexity index is 390. The van der Waals surface area contributed by atoms with E-state index in [0.717, 1.165) is 29.4 Å². The van der Waals surface area contributed by atoms with Gasteiger partial charge < -0.3 is 10.7 Å². The summed E-state index contributed by atoms with van der Waals surface area (Å²) >= 11 is 1.52. The molecule has 1 aromatic heterocycles. The Balaban J connectivity index is 1.98. The van der Waals surface area contributed by atoms with Crippen molar-refractivity contribution < 1.29 is 0 Å². The van der Waals surface area contributed by atoms with Gasteiger partial charge in [0.1, 0.15) is 11.6 Å². The van der Waals surface area contributed by atoms with Gasteiger partial charge in [0, 0.05) is 12.6 Å². The van der Waals surface area contributed by atoms with Crippen molar-refractivity contribution in [2.24, 2.45) is 17.7 Å². The minimum atomic E-state index is 0.651. The lowest BCUT2D eigenvalue weighted by Crippen LogP contribution is -2.24. The van der Waals surface area contributed by atoms with E-state index >= 15 is 0 Å². The number of anilines is 2. The molecule has 1 heterocycles. The summed E-state index contributed by atoms with van der Waals surface area (Å²) in [5, 5.41) is 4.17. The molecule has 1 saturated carbocycles. The Morgan fingerprint density at radius 1 is 1.32 bits per heavy atom. The van der Waals surface area contributed by atoms with E-state index < -0.39 is 0 Å². The predicted octanol–water partition coefficient (Wildman–Crippen LogP) is 2.72. The van der Waals surface area contributed by atoms with Gasteiger partial charge in [-0.25, -0.2) is 15.8 Å². The van der Waals surface area contributed by atoms with Crippen molar-refractivity contribution in [2.75, 3.05) is 23.5 Å². The van der Waals surface area contributed by atoms with Crippen LogP contribution < -0.4 is 16.6 Å². The molecule has 5 nitrogen and oxygen atoms in total. The Hall–Kier alpha value is -1.01. The fraction of sp³-hybridized carbons (Fsp3) is 0.692. The van der Waals surface area contributed by atoms with Crippen molar-refractivity contribution in [2.45, 2.75) is 37.8 Å². The lowest BCUT2D eigenvalue weighted by atomic mass is 9.80. The topological polar surface area (TPSA) is 75.9 Å². The molecule has 106 valence electrons. The lowest BCUT2D eigenvalue weighted by molar-refractivity contribution is 0.268. The fourth-order valence-electron chi connectivity index (χ4n) is 2.61. The highest BCUT2D eigenvalue weighted by molar-refractivity contribution is 7.98. The molecule has 1 aromatic rings. The van der Waals surface area contributed by atoms with Gasteiger partial charge >= 0.3 is 0 Å². The van der Waals surface area contributed by atoms with Gasteiger partial charge in [0.05, 0.1) is 0 Å². The largest absolute Gasteiger partial charge is 0.370 e. The number of rotatable bonds is 5. The third kappa shape index (κ3) is 3.98. The first-order valence-electron chi connectivity index (χ1n) is 6.86. The molecule has 4 N–H and O–H groups in total. The van der Waals surface area contributed by atoms with Crippen LogP contribution in [0.25, 0.3) is 0 Å². The summed E-state index contributed by atoms with van der Waals surface area (Å²) < 4.78 is 0. The highest BCUT2D eigenvalue weighted by atomic mass is 32.2. The summed E-state index contributed by atoms with van der Waals surface area (Å²) in [5.41, 5.74) is 2.58. The van der Waals surface area contributed by atoms with Crippen LogP contribution in [0.15, 0.2) is 11.2 Å². The fourth-order valence-corrected chi connectivity index (χ4v) is 2.99. The molecule has 19 heavy (non-hydrogen) atoms. The first-order chi connectivity index (χ1) is 9.22. The zero-order valence-electron chi connectivity index (χ0n) is 11.6. The normalized spacial score (nSPS) is 23.1. The van der Waals surface area contributed by atoms with E-state index in [1.807, 2.05) is 12.3 Å². The maximum Gasteiger partial charge on any atom is 0.191 e. The van der Waals surface area contributed by atoms with Crippen LogP contribution in [0, 0.1) is 11.8 Å². The van der Waals surface area contributed by atoms with Gasteiger partial charge in [0.25, 0.3) is 0 Å². The number of nitrogens with zero attached hydrogens (tertiary/aromatic N) is 2. The van der Waals surface area contributed by atoms with Gasteiger partial charge in [-0.2, -0.15) is 0 Å².